The van der Waals surface area contributed by atoms with E-state index < -0.39 is 0 Å². The first-order valence-corrected chi connectivity index (χ1v) is 8.94. The minimum Gasteiger partial charge on any atom is -0.373 e. The van der Waals surface area contributed by atoms with E-state index in [0.717, 1.165) is 51.7 Å². The number of ether oxygens (including phenoxy) is 1. The van der Waals surface area contributed by atoms with Gasteiger partial charge in [-0.2, -0.15) is 0 Å². The standard InChI is InChI=1S/C19H30N2O2.ClH/c20-13-7-2-1-6-12-18(22)21-15-17-11-8-14-23-19(17)16-9-4-3-5-10-16;/h3-5,9-10,17,19H,1-2,6-8,11-15,20H2,(H,21,22);1H. The number of hydrogen-bond acceptors (Lipinski definition) is 3. The fourth-order valence-electron chi connectivity index (χ4n) is 3.18. The number of nitrogens with two attached hydrogens (primary N) is 1. The summed E-state index contributed by atoms with van der Waals surface area (Å²) in [6, 6.07) is 10.3. The average Bonchev–Trinajstić information content (AvgIpc) is 2.61. The van der Waals surface area contributed by atoms with Gasteiger partial charge < -0.3 is 15.8 Å². The van der Waals surface area contributed by atoms with Crippen molar-refractivity contribution in [2.45, 2.75) is 51.0 Å². The Morgan fingerprint density at radius 3 is 2.67 bits per heavy atom. The van der Waals surface area contributed by atoms with Crippen LogP contribution in [0.5, 0.6) is 0 Å². The minimum atomic E-state index is 0. The number of amides is 1. The molecule has 0 radical (unpaired) electrons. The Labute approximate surface area is 151 Å². The Morgan fingerprint density at radius 2 is 1.92 bits per heavy atom. The maximum absolute atomic E-state index is 12.0. The molecule has 136 valence electrons. The summed E-state index contributed by atoms with van der Waals surface area (Å²) < 4.78 is 5.97. The Hall–Kier alpha value is -1.10. The normalized spacial score (nSPS) is 20.2. The largest absolute Gasteiger partial charge is 0.373 e. The molecule has 24 heavy (non-hydrogen) atoms. The number of unbranched alkanes of at least 4 members (excludes halogenated alkanes) is 3. The molecule has 1 aliphatic rings. The summed E-state index contributed by atoms with van der Waals surface area (Å²) in [5, 5.41) is 3.10. The number of nitrogens with one attached hydrogen (secondary N) is 1. The molecule has 0 aromatic heterocycles. The third kappa shape index (κ3) is 7.20. The second-order valence-electron chi connectivity index (χ2n) is 6.36. The Morgan fingerprint density at radius 1 is 1.17 bits per heavy atom. The zero-order chi connectivity index (χ0) is 16.3. The summed E-state index contributed by atoms with van der Waals surface area (Å²) in [5.41, 5.74) is 6.69. The fourth-order valence-corrected chi connectivity index (χ4v) is 3.18. The number of halogens is 1. The summed E-state index contributed by atoms with van der Waals surface area (Å²) in [7, 11) is 0. The van der Waals surface area contributed by atoms with E-state index in [0.29, 0.717) is 18.9 Å². The van der Waals surface area contributed by atoms with Crippen LogP contribution in [0, 0.1) is 5.92 Å². The topological polar surface area (TPSA) is 64.4 Å². The number of carbonyl (C=O) groups excluding carboxylic acids is 1. The molecule has 1 aromatic carbocycles. The van der Waals surface area contributed by atoms with Gasteiger partial charge in [0.2, 0.25) is 5.91 Å². The maximum Gasteiger partial charge on any atom is 0.220 e. The molecule has 3 N–H and O–H groups in total. The van der Waals surface area contributed by atoms with Crippen LogP contribution in [0.15, 0.2) is 30.3 Å². The Kier molecular flexibility index (Phi) is 10.7. The molecule has 1 fully saturated rings. The van der Waals surface area contributed by atoms with Crippen LogP contribution in [0.3, 0.4) is 0 Å². The quantitative estimate of drug-likeness (QED) is 0.666. The second-order valence-corrected chi connectivity index (χ2v) is 6.36. The van der Waals surface area contributed by atoms with Gasteiger partial charge in [-0.25, -0.2) is 0 Å². The molecule has 5 heteroatoms. The molecule has 0 aliphatic carbocycles. The highest BCUT2D eigenvalue weighted by Crippen LogP contribution is 2.33. The van der Waals surface area contributed by atoms with Crippen molar-refractivity contribution in [3.63, 3.8) is 0 Å². The van der Waals surface area contributed by atoms with Crippen LogP contribution in [0.4, 0.5) is 0 Å². The molecule has 0 saturated carbocycles. The van der Waals surface area contributed by atoms with Gasteiger partial charge in [-0.1, -0.05) is 43.2 Å². The van der Waals surface area contributed by atoms with Crippen LogP contribution in [0.1, 0.15) is 56.6 Å². The second kappa shape index (κ2) is 12.3. The van der Waals surface area contributed by atoms with Crippen LogP contribution < -0.4 is 11.1 Å². The molecule has 2 unspecified atom stereocenters. The third-order valence-electron chi connectivity index (χ3n) is 4.49. The van der Waals surface area contributed by atoms with E-state index in [-0.39, 0.29) is 24.4 Å². The molecular weight excluding hydrogens is 324 g/mol. The van der Waals surface area contributed by atoms with Gasteiger partial charge in [0.1, 0.15) is 0 Å². The molecule has 1 aliphatic heterocycles. The number of benzene rings is 1. The highest BCUT2D eigenvalue weighted by atomic mass is 35.5. The maximum atomic E-state index is 12.0. The highest BCUT2D eigenvalue weighted by molar-refractivity contribution is 5.85. The van der Waals surface area contributed by atoms with Crippen LogP contribution >= 0.6 is 12.4 Å². The lowest BCUT2D eigenvalue weighted by Crippen LogP contribution is -2.35. The van der Waals surface area contributed by atoms with Gasteiger partial charge in [-0.3, -0.25) is 4.79 Å². The van der Waals surface area contributed by atoms with Gasteiger partial charge in [0, 0.05) is 25.5 Å². The van der Waals surface area contributed by atoms with Crippen LogP contribution in [0.2, 0.25) is 0 Å². The van der Waals surface area contributed by atoms with Crippen molar-refractivity contribution in [2.75, 3.05) is 19.7 Å². The zero-order valence-corrected chi connectivity index (χ0v) is 15.2. The smallest absolute Gasteiger partial charge is 0.220 e. The Bertz CT molecular complexity index is 456. The third-order valence-corrected chi connectivity index (χ3v) is 4.49. The van der Waals surface area contributed by atoms with Crippen molar-refractivity contribution >= 4 is 18.3 Å². The van der Waals surface area contributed by atoms with Crippen molar-refractivity contribution in [1.29, 1.82) is 0 Å². The molecule has 2 atom stereocenters. The average molecular weight is 355 g/mol. The Balaban J connectivity index is 0.00000288. The lowest BCUT2D eigenvalue weighted by atomic mass is 9.89. The first kappa shape index (κ1) is 20.9. The van der Waals surface area contributed by atoms with Crippen LogP contribution in [-0.4, -0.2) is 25.6 Å². The number of carbonyl (C=O) groups is 1. The molecule has 1 aromatic rings. The van der Waals surface area contributed by atoms with Gasteiger partial charge in [0.05, 0.1) is 6.10 Å². The monoisotopic (exact) mass is 354 g/mol. The molecule has 1 saturated heterocycles. The first-order valence-electron chi connectivity index (χ1n) is 8.94. The zero-order valence-electron chi connectivity index (χ0n) is 14.4. The lowest BCUT2D eigenvalue weighted by Gasteiger charge is -2.32. The van der Waals surface area contributed by atoms with Gasteiger partial charge in [-0.05, 0) is 37.8 Å². The molecule has 2 rings (SSSR count). The lowest BCUT2D eigenvalue weighted by molar-refractivity contribution is -0.122. The molecular formula is C19H31ClN2O2. The number of hydrogen-bond donors (Lipinski definition) is 2. The van der Waals surface area contributed by atoms with Gasteiger partial charge in [0.25, 0.3) is 0 Å². The van der Waals surface area contributed by atoms with E-state index in [2.05, 4.69) is 17.4 Å². The van der Waals surface area contributed by atoms with Crippen LogP contribution in [-0.2, 0) is 9.53 Å². The van der Waals surface area contributed by atoms with Crippen LogP contribution in [0.25, 0.3) is 0 Å². The minimum absolute atomic E-state index is 0. The summed E-state index contributed by atoms with van der Waals surface area (Å²) in [5.74, 6) is 0.530. The van der Waals surface area contributed by atoms with Crippen molar-refractivity contribution in [1.82, 2.24) is 5.32 Å². The van der Waals surface area contributed by atoms with E-state index in [9.17, 15) is 4.79 Å². The molecule has 4 nitrogen and oxygen atoms in total. The van der Waals surface area contributed by atoms with E-state index in [1.165, 1.54) is 5.56 Å². The summed E-state index contributed by atoms with van der Waals surface area (Å²) in [6.07, 6.45) is 7.12. The summed E-state index contributed by atoms with van der Waals surface area (Å²) in [6.45, 7) is 2.26. The molecule has 0 spiro atoms. The van der Waals surface area contributed by atoms with E-state index in [1.807, 2.05) is 18.2 Å². The van der Waals surface area contributed by atoms with Gasteiger partial charge in [0.15, 0.2) is 0 Å². The van der Waals surface area contributed by atoms with Crippen molar-refractivity contribution in [3.8, 4) is 0 Å². The number of rotatable bonds is 9. The van der Waals surface area contributed by atoms with Gasteiger partial charge >= 0.3 is 0 Å². The highest BCUT2D eigenvalue weighted by Gasteiger charge is 2.27. The predicted molar refractivity (Wildman–Crippen MR) is 100 cm³/mol. The predicted octanol–water partition coefficient (Wildman–Crippen LogP) is 3.60. The van der Waals surface area contributed by atoms with E-state index >= 15 is 0 Å². The summed E-state index contributed by atoms with van der Waals surface area (Å²) >= 11 is 0. The summed E-state index contributed by atoms with van der Waals surface area (Å²) in [4.78, 5) is 12.0. The van der Waals surface area contributed by atoms with Crippen molar-refractivity contribution in [2.24, 2.45) is 11.7 Å². The first-order chi connectivity index (χ1) is 11.3. The van der Waals surface area contributed by atoms with Crippen molar-refractivity contribution in [3.05, 3.63) is 35.9 Å². The molecule has 1 amide bonds. The molecule has 1 heterocycles. The van der Waals surface area contributed by atoms with E-state index in [1.54, 1.807) is 0 Å². The fraction of sp³-hybridized carbons (Fsp3) is 0.632. The van der Waals surface area contributed by atoms with E-state index in [4.69, 9.17) is 10.5 Å². The SMILES string of the molecule is Cl.NCCCCCCC(=O)NCC1CCCOC1c1ccccc1. The van der Waals surface area contributed by atoms with Gasteiger partial charge in [-0.15, -0.1) is 12.4 Å². The van der Waals surface area contributed by atoms with Crippen molar-refractivity contribution < 1.29 is 9.53 Å². The molecule has 0 bridgehead atoms.